The third-order valence-corrected chi connectivity index (χ3v) is 5.51. The van der Waals surface area contributed by atoms with Crippen LogP contribution in [0.1, 0.15) is 51.5 Å². The number of hydrogen-bond acceptors (Lipinski definition) is 2. The van der Waals surface area contributed by atoms with Gasteiger partial charge in [0.2, 0.25) is 0 Å². The minimum atomic E-state index is -0.544. The maximum Gasteiger partial charge on any atom is 0.133 e. The smallest absolute Gasteiger partial charge is 0.133 e. The molecule has 0 spiro atoms. The summed E-state index contributed by atoms with van der Waals surface area (Å²) in [7, 11) is 1.67. The fourth-order valence-corrected chi connectivity index (χ4v) is 4.05. The quantitative estimate of drug-likeness (QED) is 0.773. The molecule has 2 nitrogen and oxygen atoms in total. The molecule has 118 valence electrons. The highest BCUT2D eigenvalue weighted by Crippen LogP contribution is 2.36. The Balaban J connectivity index is 2.05. The van der Waals surface area contributed by atoms with Crippen LogP contribution >= 0.6 is 15.9 Å². The van der Waals surface area contributed by atoms with E-state index in [0.29, 0.717) is 0 Å². The molecule has 1 aliphatic carbocycles. The molecule has 2 rings (SSSR count). The Labute approximate surface area is 137 Å². The first-order valence-corrected chi connectivity index (χ1v) is 8.77. The molecule has 0 aliphatic heterocycles. The average molecular weight is 355 g/mol. The molecule has 0 heterocycles. The normalized spacial score (nSPS) is 26.7. The number of aliphatic hydroxyl groups is 1. The van der Waals surface area contributed by atoms with Crippen molar-refractivity contribution in [3.05, 3.63) is 28.2 Å². The monoisotopic (exact) mass is 354 g/mol. The molecule has 1 aromatic rings. The second-order valence-electron chi connectivity index (χ2n) is 6.81. The minimum Gasteiger partial charge on any atom is -0.496 e. The van der Waals surface area contributed by atoms with Crippen molar-refractivity contribution in [2.45, 2.75) is 58.0 Å². The highest BCUT2D eigenvalue weighted by molar-refractivity contribution is 9.10. The summed E-state index contributed by atoms with van der Waals surface area (Å²) < 4.78 is 6.22. The summed E-state index contributed by atoms with van der Waals surface area (Å²) in [5.41, 5.74) is 0.630. The topological polar surface area (TPSA) is 29.5 Å². The Kier molecular flexibility index (Phi) is 5.73. The molecule has 0 aromatic heterocycles. The van der Waals surface area contributed by atoms with Gasteiger partial charge in [0.25, 0.3) is 0 Å². The molecule has 1 aromatic carbocycles. The minimum absolute atomic E-state index is 0.544. The fraction of sp³-hybridized carbons (Fsp3) is 0.667. The molecule has 0 radical (unpaired) electrons. The zero-order valence-corrected chi connectivity index (χ0v) is 14.9. The summed E-state index contributed by atoms with van der Waals surface area (Å²) in [5.74, 6) is 2.33. The van der Waals surface area contributed by atoms with Crippen molar-refractivity contribution in [1.82, 2.24) is 0 Å². The summed E-state index contributed by atoms with van der Waals surface area (Å²) in [4.78, 5) is 0. The molecule has 1 fully saturated rings. The van der Waals surface area contributed by atoms with Crippen LogP contribution in [0.3, 0.4) is 0 Å². The van der Waals surface area contributed by atoms with Gasteiger partial charge in [-0.05, 0) is 64.7 Å². The van der Waals surface area contributed by atoms with E-state index in [1.807, 2.05) is 6.07 Å². The van der Waals surface area contributed by atoms with Crippen LogP contribution in [0, 0.1) is 11.8 Å². The second-order valence-corrected chi connectivity index (χ2v) is 7.66. The zero-order chi connectivity index (χ0) is 15.5. The van der Waals surface area contributed by atoms with E-state index in [9.17, 15) is 5.11 Å². The van der Waals surface area contributed by atoms with E-state index in [1.54, 1.807) is 7.11 Å². The van der Waals surface area contributed by atoms with Crippen LogP contribution in [-0.4, -0.2) is 17.8 Å². The van der Waals surface area contributed by atoms with Crippen LogP contribution in [-0.2, 0) is 6.42 Å². The standard InChI is InChI=1S/C18H27BrO2/c1-13(2)15-5-4-9-18(20,10-8-15)12-14-6-7-17(21-3)16(19)11-14/h6-7,11,13,15,20H,4-5,8-10,12H2,1-3H3. The maximum atomic E-state index is 11.0. The predicted octanol–water partition coefficient (Wildman–Crippen LogP) is 4.97. The van der Waals surface area contributed by atoms with Gasteiger partial charge in [0.05, 0.1) is 17.2 Å². The van der Waals surface area contributed by atoms with E-state index in [-0.39, 0.29) is 0 Å². The fourth-order valence-electron chi connectivity index (χ4n) is 3.46. The molecule has 3 heteroatoms. The Morgan fingerprint density at radius 3 is 2.71 bits per heavy atom. The molecular weight excluding hydrogens is 328 g/mol. The van der Waals surface area contributed by atoms with Crippen molar-refractivity contribution < 1.29 is 9.84 Å². The second kappa shape index (κ2) is 7.15. The van der Waals surface area contributed by atoms with Crippen molar-refractivity contribution in [2.24, 2.45) is 11.8 Å². The van der Waals surface area contributed by atoms with Crippen LogP contribution in [0.15, 0.2) is 22.7 Å². The van der Waals surface area contributed by atoms with Crippen molar-refractivity contribution in [2.75, 3.05) is 7.11 Å². The van der Waals surface area contributed by atoms with Crippen molar-refractivity contribution >= 4 is 15.9 Å². The first kappa shape index (κ1) is 16.8. The Hall–Kier alpha value is -0.540. The molecule has 1 saturated carbocycles. The van der Waals surface area contributed by atoms with E-state index < -0.39 is 5.60 Å². The molecule has 0 bridgehead atoms. The lowest BCUT2D eigenvalue weighted by atomic mass is 9.85. The third-order valence-electron chi connectivity index (χ3n) is 4.89. The number of benzene rings is 1. The van der Waals surface area contributed by atoms with Gasteiger partial charge >= 0.3 is 0 Å². The van der Waals surface area contributed by atoms with Crippen LogP contribution in [0.5, 0.6) is 5.75 Å². The summed E-state index contributed by atoms with van der Waals surface area (Å²) >= 11 is 3.53. The number of halogens is 1. The summed E-state index contributed by atoms with van der Waals surface area (Å²) in [6.45, 7) is 4.60. The van der Waals surface area contributed by atoms with Crippen LogP contribution in [0.4, 0.5) is 0 Å². The van der Waals surface area contributed by atoms with Crippen LogP contribution in [0.2, 0.25) is 0 Å². The molecule has 0 saturated heterocycles. The Morgan fingerprint density at radius 2 is 2.10 bits per heavy atom. The average Bonchev–Trinajstić information content (AvgIpc) is 2.61. The van der Waals surface area contributed by atoms with Gasteiger partial charge in [-0.3, -0.25) is 0 Å². The van der Waals surface area contributed by atoms with Gasteiger partial charge in [0.1, 0.15) is 5.75 Å². The van der Waals surface area contributed by atoms with E-state index >= 15 is 0 Å². The SMILES string of the molecule is COc1ccc(CC2(O)CCCC(C(C)C)CC2)cc1Br. The molecule has 21 heavy (non-hydrogen) atoms. The van der Waals surface area contributed by atoms with Gasteiger partial charge in [-0.15, -0.1) is 0 Å². The highest BCUT2D eigenvalue weighted by atomic mass is 79.9. The van der Waals surface area contributed by atoms with E-state index in [0.717, 1.165) is 54.2 Å². The molecule has 0 amide bonds. The molecular formula is C18H27BrO2. The summed E-state index contributed by atoms with van der Waals surface area (Å²) in [6, 6.07) is 6.10. The summed E-state index contributed by atoms with van der Waals surface area (Å²) in [6.07, 6.45) is 6.11. The first-order chi connectivity index (χ1) is 9.93. The summed E-state index contributed by atoms with van der Waals surface area (Å²) in [5, 5.41) is 11.0. The molecule has 2 unspecified atom stereocenters. The van der Waals surface area contributed by atoms with Gasteiger partial charge in [-0.1, -0.05) is 32.8 Å². The molecule has 2 atom stereocenters. The lowest BCUT2D eigenvalue weighted by Crippen LogP contribution is -2.30. The molecule has 1 aliphatic rings. The van der Waals surface area contributed by atoms with Gasteiger partial charge in [0, 0.05) is 6.42 Å². The lowest BCUT2D eigenvalue weighted by molar-refractivity contribution is 0.0236. The van der Waals surface area contributed by atoms with Crippen LogP contribution < -0.4 is 4.74 Å². The Bertz CT molecular complexity index is 472. The van der Waals surface area contributed by atoms with Gasteiger partial charge < -0.3 is 9.84 Å². The number of ether oxygens (including phenoxy) is 1. The van der Waals surface area contributed by atoms with Crippen molar-refractivity contribution in [3.8, 4) is 5.75 Å². The van der Waals surface area contributed by atoms with Gasteiger partial charge in [-0.2, -0.15) is 0 Å². The number of rotatable bonds is 4. The third kappa shape index (κ3) is 4.46. The number of methoxy groups -OCH3 is 1. The van der Waals surface area contributed by atoms with Crippen molar-refractivity contribution in [3.63, 3.8) is 0 Å². The van der Waals surface area contributed by atoms with Crippen molar-refractivity contribution in [1.29, 1.82) is 0 Å². The van der Waals surface area contributed by atoms with Crippen LogP contribution in [0.25, 0.3) is 0 Å². The highest BCUT2D eigenvalue weighted by Gasteiger charge is 2.31. The molecule has 1 N–H and O–H groups in total. The first-order valence-electron chi connectivity index (χ1n) is 7.98. The van der Waals surface area contributed by atoms with E-state index in [4.69, 9.17) is 4.74 Å². The lowest BCUT2D eigenvalue weighted by Gasteiger charge is -2.27. The Morgan fingerprint density at radius 1 is 1.33 bits per heavy atom. The van der Waals surface area contributed by atoms with E-state index in [2.05, 4.69) is 41.9 Å². The maximum absolute atomic E-state index is 11.0. The van der Waals surface area contributed by atoms with Gasteiger partial charge in [-0.25, -0.2) is 0 Å². The van der Waals surface area contributed by atoms with E-state index in [1.165, 1.54) is 12.0 Å². The largest absolute Gasteiger partial charge is 0.496 e. The zero-order valence-electron chi connectivity index (χ0n) is 13.4. The number of hydrogen-bond donors (Lipinski definition) is 1. The van der Waals surface area contributed by atoms with Gasteiger partial charge in [0.15, 0.2) is 0 Å². The predicted molar refractivity (Wildman–Crippen MR) is 90.8 cm³/mol.